The van der Waals surface area contributed by atoms with Gasteiger partial charge in [-0.15, -0.1) is 11.8 Å². The number of piperidine rings is 1. The van der Waals surface area contributed by atoms with Crippen LogP contribution in [0.15, 0.2) is 29.2 Å². The van der Waals surface area contributed by atoms with Crippen LogP contribution in [0.4, 0.5) is 0 Å². The molecule has 0 saturated carbocycles. The molecule has 1 fully saturated rings. The third-order valence-electron chi connectivity index (χ3n) is 3.44. The molecular weight excluding hydrogens is 258 g/mol. The molecule has 2 atom stereocenters. The average Bonchev–Trinajstić information content (AvgIpc) is 2.36. The summed E-state index contributed by atoms with van der Waals surface area (Å²) >= 11 is 1.41. The van der Waals surface area contributed by atoms with Gasteiger partial charge in [0.2, 0.25) is 5.91 Å². The van der Waals surface area contributed by atoms with Crippen molar-refractivity contribution in [1.82, 2.24) is 4.90 Å². The van der Waals surface area contributed by atoms with Crippen molar-refractivity contribution in [2.75, 3.05) is 18.8 Å². The average molecular weight is 279 g/mol. The molecule has 0 aromatic heterocycles. The quantitative estimate of drug-likeness (QED) is 0.865. The first-order chi connectivity index (χ1) is 9.06. The van der Waals surface area contributed by atoms with Gasteiger partial charge in [0.1, 0.15) is 5.75 Å². The molecule has 2 unspecified atom stereocenters. The van der Waals surface area contributed by atoms with Crippen molar-refractivity contribution in [3.8, 4) is 5.75 Å². The molecule has 1 aliphatic heterocycles. The molecule has 0 spiro atoms. The van der Waals surface area contributed by atoms with Crippen LogP contribution >= 0.6 is 11.8 Å². The van der Waals surface area contributed by atoms with Crippen molar-refractivity contribution in [3.63, 3.8) is 0 Å². The van der Waals surface area contributed by atoms with Crippen LogP contribution in [0.25, 0.3) is 0 Å². The molecule has 19 heavy (non-hydrogen) atoms. The smallest absolute Gasteiger partial charge is 0.232 e. The number of hydrogen-bond acceptors (Lipinski definition) is 3. The van der Waals surface area contributed by atoms with Gasteiger partial charge < -0.3 is 10.0 Å². The molecular formula is C15H21NO2S. The van der Waals surface area contributed by atoms with Gasteiger partial charge in [-0.3, -0.25) is 4.79 Å². The molecule has 104 valence electrons. The van der Waals surface area contributed by atoms with Crippen molar-refractivity contribution in [2.45, 2.75) is 25.2 Å². The van der Waals surface area contributed by atoms with Crippen LogP contribution in [-0.4, -0.2) is 34.8 Å². The number of likely N-dealkylation sites (tertiary alicyclic amines) is 1. The van der Waals surface area contributed by atoms with E-state index in [1.54, 1.807) is 12.1 Å². The largest absolute Gasteiger partial charge is 0.507 e. The highest BCUT2D eigenvalue weighted by molar-refractivity contribution is 8.00. The van der Waals surface area contributed by atoms with Crippen LogP contribution < -0.4 is 0 Å². The Hall–Kier alpha value is -1.16. The van der Waals surface area contributed by atoms with Gasteiger partial charge in [0.05, 0.1) is 5.75 Å². The molecule has 0 bridgehead atoms. The Morgan fingerprint density at radius 1 is 1.32 bits per heavy atom. The third-order valence-corrected chi connectivity index (χ3v) is 4.49. The number of benzene rings is 1. The third kappa shape index (κ3) is 3.90. The van der Waals surface area contributed by atoms with E-state index < -0.39 is 0 Å². The first kappa shape index (κ1) is 14.3. The maximum atomic E-state index is 12.2. The van der Waals surface area contributed by atoms with Gasteiger partial charge in [-0.05, 0) is 30.4 Å². The topological polar surface area (TPSA) is 40.5 Å². The number of aromatic hydroxyl groups is 1. The number of carbonyl (C=O) groups is 1. The lowest BCUT2D eigenvalue weighted by atomic mass is 9.92. The summed E-state index contributed by atoms with van der Waals surface area (Å²) in [6, 6.07) is 7.15. The Morgan fingerprint density at radius 3 is 2.58 bits per heavy atom. The highest BCUT2D eigenvalue weighted by Crippen LogP contribution is 2.28. The minimum absolute atomic E-state index is 0.173. The Labute approximate surface area is 119 Å². The molecule has 2 rings (SSSR count). The minimum Gasteiger partial charge on any atom is -0.507 e. The number of para-hydroxylation sites is 1. The summed E-state index contributed by atoms with van der Waals surface area (Å²) in [6.45, 7) is 6.13. The fourth-order valence-corrected chi connectivity index (χ4v) is 3.53. The molecule has 1 aliphatic rings. The zero-order chi connectivity index (χ0) is 13.8. The lowest BCUT2D eigenvalue weighted by Gasteiger charge is -2.35. The highest BCUT2D eigenvalue weighted by atomic mass is 32.2. The Balaban J connectivity index is 1.89. The summed E-state index contributed by atoms with van der Waals surface area (Å²) in [5.74, 6) is 2.00. The highest BCUT2D eigenvalue weighted by Gasteiger charge is 2.25. The van der Waals surface area contributed by atoms with E-state index in [-0.39, 0.29) is 11.7 Å². The molecule has 1 heterocycles. The molecule has 1 aromatic carbocycles. The molecule has 1 amide bonds. The molecule has 3 nitrogen and oxygen atoms in total. The molecule has 1 N–H and O–H groups in total. The van der Waals surface area contributed by atoms with Gasteiger partial charge in [0.25, 0.3) is 0 Å². The number of carbonyl (C=O) groups excluding carboxylic acids is 1. The summed E-state index contributed by atoms with van der Waals surface area (Å²) in [5.41, 5.74) is 0. The predicted octanol–water partition coefficient (Wildman–Crippen LogP) is 2.99. The van der Waals surface area contributed by atoms with E-state index in [0.29, 0.717) is 17.6 Å². The van der Waals surface area contributed by atoms with Gasteiger partial charge >= 0.3 is 0 Å². The molecule has 1 saturated heterocycles. The van der Waals surface area contributed by atoms with Gasteiger partial charge in [-0.1, -0.05) is 26.0 Å². The molecule has 0 radical (unpaired) electrons. The molecule has 4 heteroatoms. The Morgan fingerprint density at radius 2 is 1.95 bits per heavy atom. The van der Waals surface area contributed by atoms with Crippen molar-refractivity contribution < 1.29 is 9.90 Å². The minimum atomic E-state index is 0.173. The second-order valence-corrected chi connectivity index (χ2v) is 6.52. The van der Waals surface area contributed by atoms with E-state index in [2.05, 4.69) is 13.8 Å². The summed E-state index contributed by atoms with van der Waals surface area (Å²) in [5, 5.41) is 9.67. The van der Waals surface area contributed by atoms with E-state index in [4.69, 9.17) is 0 Å². The first-order valence-electron chi connectivity index (χ1n) is 6.75. The maximum absolute atomic E-state index is 12.2. The maximum Gasteiger partial charge on any atom is 0.232 e. The lowest BCUT2D eigenvalue weighted by Crippen LogP contribution is -2.43. The van der Waals surface area contributed by atoms with Crippen LogP contribution in [-0.2, 0) is 4.79 Å². The van der Waals surface area contributed by atoms with Crippen molar-refractivity contribution >= 4 is 17.7 Å². The zero-order valence-electron chi connectivity index (χ0n) is 11.5. The SMILES string of the molecule is CC1CC(C)CN(C(=O)CSc2ccccc2O)C1. The fraction of sp³-hybridized carbons (Fsp3) is 0.533. The zero-order valence-corrected chi connectivity index (χ0v) is 12.3. The van der Waals surface area contributed by atoms with E-state index in [1.807, 2.05) is 17.0 Å². The Bertz CT molecular complexity index is 440. The number of hydrogen-bond donors (Lipinski definition) is 1. The number of thioether (sulfide) groups is 1. The van der Waals surface area contributed by atoms with Gasteiger partial charge in [-0.25, -0.2) is 0 Å². The van der Waals surface area contributed by atoms with Crippen molar-refractivity contribution in [1.29, 1.82) is 0 Å². The van der Waals surface area contributed by atoms with E-state index >= 15 is 0 Å². The second kappa shape index (κ2) is 6.33. The van der Waals surface area contributed by atoms with E-state index in [0.717, 1.165) is 18.0 Å². The Kier molecular flexibility index (Phi) is 4.75. The molecule has 0 aliphatic carbocycles. The number of phenols is 1. The lowest BCUT2D eigenvalue weighted by molar-refractivity contribution is -0.130. The first-order valence-corrected chi connectivity index (χ1v) is 7.73. The summed E-state index contributed by atoms with van der Waals surface area (Å²) in [7, 11) is 0. The van der Waals surface area contributed by atoms with Gasteiger partial charge in [0.15, 0.2) is 0 Å². The van der Waals surface area contributed by atoms with Crippen LogP contribution in [0.3, 0.4) is 0 Å². The second-order valence-electron chi connectivity index (χ2n) is 5.50. The number of amides is 1. The summed E-state index contributed by atoms with van der Waals surface area (Å²) in [4.78, 5) is 14.9. The predicted molar refractivity (Wildman–Crippen MR) is 78.4 cm³/mol. The van der Waals surface area contributed by atoms with Crippen molar-refractivity contribution in [2.24, 2.45) is 11.8 Å². The van der Waals surface area contributed by atoms with Crippen molar-refractivity contribution in [3.05, 3.63) is 24.3 Å². The van der Waals surface area contributed by atoms with Crippen LogP contribution in [0, 0.1) is 11.8 Å². The summed E-state index contributed by atoms with van der Waals surface area (Å²) < 4.78 is 0. The van der Waals surface area contributed by atoms with Gasteiger partial charge in [-0.2, -0.15) is 0 Å². The summed E-state index contributed by atoms with van der Waals surface area (Å²) in [6.07, 6.45) is 1.20. The fourth-order valence-electron chi connectivity index (χ4n) is 2.68. The number of nitrogens with zero attached hydrogens (tertiary/aromatic N) is 1. The standard InChI is InChI=1S/C15H21NO2S/c1-11-7-12(2)9-16(8-11)15(18)10-19-14-6-4-3-5-13(14)17/h3-6,11-12,17H,7-10H2,1-2H3. The monoisotopic (exact) mass is 279 g/mol. The van der Waals surface area contributed by atoms with Gasteiger partial charge in [0, 0.05) is 18.0 Å². The van der Waals surface area contributed by atoms with Crippen LogP contribution in [0.2, 0.25) is 0 Å². The van der Waals surface area contributed by atoms with Crippen LogP contribution in [0.5, 0.6) is 5.75 Å². The van der Waals surface area contributed by atoms with E-state index in [1.165, 1.54) is 18.2 Å². The van der Waals surface area contributed by atoms with Crippen LogP contribution in [0.1, 0.15) is 20.3 Å². The number of rotatable bonds is 3. The number of phenolic OH excluding ortho intramolecular Hbond substituents is 1. The normalized spacial score (nSPS) is 23.4. The van der Waals surface area contributed by atoms with E-state index in [9.17, 15) is 9.90 Å². The molecule has 1 aromatic rings.